The Morgan fingerprint density at radius 3 is 2.33 bits per heavy atom. The number of para-hydroxylation sites is 2. The van der Waals surface area contributed by atoms with Gasteiger partial charge in [-0.05, 0) is 42.0 Å². The van der Waals surface area contributed by atoms with Crippen molar-refractivity contribution in [3.63, 3.8) is 0 Å². The Kier molecular flexibility index (Phi) is 6.44. The van der Waals surface area contributed by atoms with Crippen molar-refractivity contribution < 1.29 is 22.7 Å². The van der Waals surface area contributed by atoms with E-state index in [9.17, 15) is 18.0 Å². The number of hydrazone groups is 1. The molecule has 1 aliphatic heterocycles. The monoisotopic (exact) mass is 490 g/mol. The maximum Gasteiger partial charge on any atom is 0.435 e. The number of halogens is 5. The molecule has 0 atom stereocenters. The van der Waals surface area contributed by atoms with Crippen LogP contribution in [0.5, 0.6) is 5.75 Å². The van der Waals surface area contributed by atoms with Gasteiger partial charge < -0.3 is 4.74 Å². The van der Waals surface area contributed by atoms with Gasteiger partial charge in [-0.3, -0.25) is 4.79 Å². The largest absolute Gasteiger partial charge is 0.488 e. The summed E-state index contributed by atoms with van der Waals surface area (Å²) >= 11 is 11.9. The Balaban J connectivity index is 1.67. The molecule has 168 valence electrons. The molecule has 0 bridgehead atoms. The van der Waals surface area contributed by atoms with E-state index in [1.54, 1.807) is 60.7 Å². The maximum atomic E-state index is 13.7. The highest BCUT2D eigenvalue weighted by Crippen LogP contribution is 2.34. The van der Waals surface area contributed by atoms with Crippen LogP contribution in [0.1, 0.15) is 11.1 Å². The zero-order chi connectivity index (χ0) is 23.6. The van der Waals surface area contributed by atoms with Gasteiger partial charge in [0, 0.05) is 5.56 Å². The Bertz CT molecular complexity index is 1260. The van der Waals surface area contributed by atoms with Crippen LogP contribution in [-0.4, -0.2) is 17.8 Å². The second-order valence-corrected chi connectivity index (χ2v) is 7.85. The van der Waals surface area contributed by atoms with Crippen molar-refractivity contribution in [1.82, 2.24) is 0 Å². The topological polar surface area (TPSA) is 41.9 Å². The van der Waals surface area contributed by atoms with Crippen molar-refractivity contribution in [2.24, 2.45) is 5.10 Å². The summed E-state index contributed by atoms with van der Waals surface area (Å²) in [4.78, 5) is 12.9. The number of alkyl halides is 3. The molecule has 0 spiro atoms. The Morgan fingerprint density at radius 2 is 1.64 bits per heavy atom. The normalized spacial score (nSPS) is 15.2. The van der Waals surface area contributed by atoms with Crippen LogP contribution in [-0.2, 0) is 11.4 Å². The van der Waals surface area contributed by atoms with E-state index in [1.807, 2.05) is 0 Å². The second kappa shape index (κ2) is 9.29. The number of ether oxygens (including phenoxy) is 1. The van der Waals surface area contributed by atoms with Gasteiger partial charge >= 0.3 is 6.18 Å². The van der Waals surface area contributed by atoms with Crippen LogP contribution in [0.4, 0.5) is 18.9 Å². The number of hydrogen-bond acceptors (Lipinski definition) is 3. The van der Waals surface area contributed by atoms with E-state index >= 15 is 0 Å². The third kappa shape index (κ3) is 5.05. The first kappa shape index (κ1) is 22.9. The summed E-state index contributed by atoms with van der Waals surface area (Å²) in [6, 6.07) is 19.4. The Labute approximate surface area is 197 Å². The molecule has 9 heteroatoms. The van der Waals surface area contributed by atoms with Gasteiger partial charge in [0.15, 0.2) is 5.71 Å². The van der Waals surface area contributed by atoms with Crippen molar-refractivity contribution in [1.29, 1.82) is 0 Å². The minimum Gasteiger partial charge on any atom is -0.488 e. The Morgan fingerprint density at radius 1 is 0.939 bits per heavy atom. The third-order valence-corrected chi connectivity index (χ3v) is 5.48. The van der Waals surface area contributed by atoms with E-state index in [2.05, 4.69) is 5.10 Å². The molecule has 4 nitrogen and oxygen atoms in total. The number of anilines is 1. The van der Waals surface area contributed by atoms with E-state index in [1.165, 1.54) is 12.1 Å². The molecule has 1 heterocycles. The molecule has 0 radical (unpaired) electrons. The average Bonchev–Trinajstić information content (AvgIpc) is 3.12. The lowest BCUT2D eigenvalue weighted by Crippen LogP contribution is -2.25. The van der Waals surface area contributed by atoms with E-state index in [0.717, 1.165) is 16.6 Å². The van der Waals surface area contributed by atoms with E-state index < -0.39 is 23.4 Å². The van der Waals surface area contributed by atoms with Gasteiger partial charge in [-0.15, -0.1) is 0 Å². The summed E-state index contributed by atoms with van der Waals surface area (Å²) in [6.07, 6.45) is -3.68. The van der Waals surface area contributed by atoms with Crippen LogP contribution < -0.4 is 9.75 Å². The molecule has 0 saturated carbocycles. The molecule has 4 rings (SSSR count). The van der Waals surface area contributed by atoms with Gasteiger partial charge in [0.05, 0.1) is 21.3 Å². The van der Waals surface area contributed by atoms with Crippen molar-refractivity contribution in [3.8, 4) is 5.75 Å². The van der Waals surface area contributed by atoms with E-state index in [4.69, 9.17) is 27.9 Å². The number of rotatable bonds is 5. The first-order valence-corrected chi connectivity index (χ1v) is 10.4. The van der Waals surface area contributed by atoms with Gasteiger partial charge in [0.1, 0.15) is 12.4 Å². The van der Waals surface area contributed by atoms with Crippen LogP contribution in [0, 0.1) is 0 Å². The van der Waals surface area contributed by atoms with Crippen LogP contribution in [0.3, 0.4) is 0 Å². The molecule has 0 aliphatic carbocycles. The molecule has 0 unspecified atom stereocenters. The quantitative estimate of drug-likeness (QED) is 0.364. The zero-order valence-electron chi connectivity index (χ0n) is 16.8. The maximum absolute atomic E-state index is 13.7. The van der Waals surface area contributed by atoms with Crippen LogP contribution in [0.25, 0.3) is 6.08 Å². The fourth-order valence-electron chi connectivity index (χ4n) is 3.18. The average molecular weight is 491 g/mol. The van der Waals surface area contributed by atoms with Gasteiger partial charge in [0.2, 0.25) is 0 Å². The van der Waals surface area contributed by atoms with Crippen LogP contribution in [0.15, 0.2) is 83.5 Å². The standard InChI is InChI=1S/C24H15Cl2F3N2O2/c25-19-11-10-15(12-20(19)26)14-33-21-9-5-4-6-16(21)13-18-22(24(27,28)29)30-31(23(18)32)17-7-2-1-3-8-17/h1-13H,14H2/b18-13-. The van der Waals surface area contributed by atoms with Crippen molar-refractivity contribution in [2.45, 2.75) is 12.8 Å². The highest BCUT2D eigenvalue weighted by atomic mass is 35.5. The third-order valence-electron chi connectivity index (χ3n) is 4.74. The molecular weight excluding hydrogens is 476 g/mol. The molecule has 0 saturated heterocycles. The number of benzene rings is 3. The zero-order valence-corrected chi connectivity index (χ0v) is 18.3. The number of hydrogen-bond donors (Lipinski definition) is 0. The van der Waals surface area contributed by atoms with Crippen molar-refractivity contribution >= 4 is 46.6 Å². The lowest BCUT2D eigenvalue weighted by atomic mass is 10.1. The van der Waals surface area contributed by atoms with Crippen molar-refractivity contribution in [2.75, 3.05) is 5.01 Å². The van der Waals surface area contributed by atoms with Crippen LogP contribution in [0.2, 0.25) is 10.0 Å². The van der Waals surface area contributed by atoms with Gasteiger partial charge in [-0.1, -0.05) is 65.7 Å². The highest BCUT2D eigenvalue weighted by Gasteiger charge is 2.46. The number of nitrogens with zero attached hydrogens (tertiary/aromatic N) is 2. The summed E-state index contributed by atoms with van der Waals surface area (Å²) in [6.45, 7) is 0.0986. The first-order chi connectivity index (χ1) is 15.7. The highest BCUT2D eigenvalue weighted by molar-refractivity contribution is 6.42. The molecule has 0 N–H and O–H groups in total. The fraction of sp³-hybridized carbons (Fsp3) is 0.0833. The summed E-state index contributed by atoms with van der Waals surface area (Å²) in [5.74, 6) is -0.587. The lowest BCUT2D eigenvalue weighted by molar-refractivity contribution is -0.114. The molecule has 33 heavy (non-hydrogen) atoms. The first-order valence-electron chi connectivity index (χ1n) is 9.67. The fourth-order valence-corrected chi connectivity index (χ4v) is 3.50. The molecular formula is C24H15Cl2F3N2O2. The predicted molar refractivity (Wildman–Crippen MR) is 123 cm³/mol. The molecule has 3 aromatic carbocycles. The second-order valence-electron chi connectivity index (χ2n) is 7.03. The molecule has 1 amide bonds. The summed E-state index contributed by atoms with van der Waals surface area (Å²) < 4.78 is 46.9. The summed E-state index contributed by atoms with van der Waals surface area (Å²) in [5, 5.41) is 5.07. The SMILES string of the molecule is O=C1/C(=C\c2ccccc2OCc2ccc(Cl)c(Cl)c2)C(C(F)(F)F)=NN1c1ccccc1. The minimum atomic E-state index is -4.82. The smallest absolute Gasteiger partial charge is 0.435 e. The molecule has 3 aromatic rings. The van der Waals surface area contributed by atoms with E-state index in [0.29, 0.717) is 21.4 Å². The lowest BCUT2D eigenvalue weighted by Gasteiger charge is -2.12. The molecule has 0 fully saturated rings. The Hall–Kier alpha value is -3.29. The number of carbonyl (C=O) groups is 1. The van der Waals surface area contributed by atoms with Crippen molar-refractivity contribution in [3.05, 3.63) is 99.5 Å². The number of carbonyl (C=O) groups excluding carboxylic acids is 1. The van der Waals surface area contributed by atoms with Crippen LogP contribution >= 0.6 is 23.2 Å². The molecule has 1 aliphatic rings. The number of amides is 1. The van der Waals surface area contributed by atoms with E-state index in [-0.39, 0.29) is 12.3 Å². The molecule has 0 aromatic heterocycles. The summed E-state index contributed by atoms with van der Waals surface area (Å²) in [7, 11) is 0. The van der Waals surface area contributed by atoms with Gasteiger partial charge in [-0.2, -0.15) is 23.3 Å². The summed E-state index contributed by atoms with van der Waals surface area (Å²) in [5.41, 5.74) is -0.589. The van der Waals surface area contributed by atoms with Gasteiger partial charge in [-0.25, -0.2) is 0 Å². The predicted octanol–water partition coefficient (Wildman–Crippen LogP) is 6.92. The minimum absolute atomic E-state index is 0.0986. The van der Waals surface area contributed by atoms with Gasteiger partial charge in [0.25, 0.3) is 5.91 Å².